The quantitative estimate of drug-likeness (QED) is 0.667. The van der Waals surface area contributed by atoms with Gasteiger partial charge in [0.25, 0.3) is 0 Å². The molecule has 80 valence electrons. The summed E-state index contributed by atoms with van der Waals surface area (Å²) in [5.74, 6) is 0.560. The normalized spacial score (nSPS) is 35.3. The van der Waals surface area contributed by atoms with E-state index in [0.717, 1.165) is 26.2 Å². The Labute approximate surface area is 94.1 Å². The van der Waals surface area contributed by atoms with Crippen LogP contribution in [0.25, 0.3) is 0 Å². The van der Waals surface area contributed by atoms with E-state index in [1.54, 1.807) is 11.3 Å². The highest BCUT2D eigenvalue weighted by molar-refractivity contribution is 7.11. The smallest absolute Gasteiger partial charge is 0.140 e. The highest BCUT2D eigenvalue weighted by Gasteiger charge is 2.48. The van der Waals surface area contributed by atoms with Crippen molar-refractivity contribution < 1.29 is 9.57 Å². The summed E-state index contributed by atoms with van der Waals surface area (Å²) in [5.41, 5.74) is 4.44. The maximum Gasteiger partial charge on any atom is 0.140 e. The third kappa shape index (κ3) is 1.46. The molecule has 0 spiro atoms. The van der Waals surface area contributed by atoms with E-state index in [1.807, 2.05) is 0 Å². The highest BCUT2D eigenvalue weighted by Crippen LogP contribution is 2.40. The Kier molecular flexibility index (Phi) is 2.36. The minimum atomic E-state index is -0.0722. The predicted octanol–water partition coefficient (Wildman–Crippen LogP) is -0.227. The van der Waals surface area contributed by atoms with E-state index in [2.05, 4.69) is 24.8 Å². The van der Waals surface area contributed by atoms with Crippen molar-refractivity contribution in [2.45, 2.75) is 12.0 Å². The molecule has 1 N–H and O–H groups in total. The van der Waals surface area contributed by atoms with Crippen LogP contribution < -0.4 is 10.9 Å². The molecule has 3 heterocycles. The average molecular weight is 223 g/mol. The standard InChI is InChI=1S/C10H14BNO2S/c11-8-3-9(15-5-8)10-6-13-2-1-7(10)4-14-12-10/h3,5,7,12H,1-2,4,6,11H2/t7-,10-/m0/s1. The molecule has 0 radical (unpaired) electrons. The molecular weight excluding hydrogens is 209 g/mol. The van der Waals surface area contributed by atoms with Crippen LogP contribution in [0.15, 0.2) is 11.4 Å². The first-order valence-electron chi connectivity index (χ1n) is 5.33. The van der Waals surface area contributed by atoms with Crippen LogP contribution in [0.4, 0.5) is 0 Å². The molecule has 0 aliphatic carbocycles. The van der Waals surface area contributed by atoms with Gasteiger partial charge in [-0.2, -0.15) is 5.48 Å². The van der Waals surface area contributed by atoms with Crippen molar-refractivity contribution in [3.8, 4) is 0 Å². The summed E-state index contributed by atoms with van der Waals surface area (Å²) in [4.78, 5) is 6.78. The van der Waals surface area contributed by atoms with Crippen LogP contribution in [-0.2, 0) is 15.1 Å². The fraction of sp³-hybridized carbons (Fsp3) is 0.600. The summed E-state index contributed by atoms with van der Waals surface area (Å²) in [7, 11) is 2.13. The fourth-order valence-electron chi connectivity index (χ4n) is 2.42. The molecule has 2 saturated heterocycles. The van der Waals surface area contributed by atoms with Crippen molar-refractivity contribution in [3.63, 3.8) is 0 Å². The second-order valence-corrected chi connectivity index (χ2v) is 5.32. The van der Waals surface area contributed by atoms with Crippen molar-refractivity contribution in [1.29, 1.82) is 0 Å². The Bertz CT molecular complexity index is 370. The van der Waals surface area contributed by atoms with E-state index in [0.29, 0.717) is 5.92 Å². The van der Waals surface area contributed by atoms with Crippen LogP contribution in [0.3, 0.4) is 0 Å². The van der Waals surface area contributed by atoms with Gasteiger partial charge in [-0.15, -0.1) is 11.3 Å². The molecule has 2 fully saturated rings. The van der Waals surface area contributed by atoms with E-state index in [4.69, 9.17) is 9.57 Å². The van der Waals surface area contributed by atoms with Crippen LogP contribution in [0, 0.1) is 5.92 Å². The van der Waals surface area contributed by atoms with Crippen LogP contribution in [0.5, 0.6) is 0 Å². The molecule has 5 heteroatoms. The molecule has 1 aromatic rings. The maximum absolute atomic E-state index is 5.61. The molecule has 15 heavy (non-hydrogen) atoms. The molecule has 2 atom stereocenters. The van der Waals surface area contributed by atoms with Gasteiger partial charge in [-0.1, -0.05) is 11.5 Å². The first kappa shape index (κ1) is 9.84. The summed E-state index contributed by atoms with van der Waals surface area (Å²) in [6.07, 6.45) is 1.09. The van der Waals surface area contributed by atoms with Gasteiger partial charge in [-0.05, 0) is 11.8 Å². The van der Waals surface area contributed by atoms with Crippen molar-refractivity contribution in [2.24, 2.45) is 5.92 Å². The Balaban J connectivity index is 1.99. The molecular formula is C10H14BNO2S. The van der Waals surface area contributed by atoms with Gasteiger partial charge in [0.15, 0.2) is 0 Å². The summed E-state index contributed by atoms with van der Waals surface area (Å²) >= 11 is 1.80. The molecule has 0 aromatic carbocycles. The largest absolute Gasteiger partial charge is 0.379 e. The fourth-order valence-corrected chi connectivity index (χ4v) is 3.53. The molecule has 0 unspecified atom stereocenters. The van der Waals surface area contributed by atoms with Crippen molar-refractivity contribution in [1.82, 2.24) is 5.48 Å². The zero-order valence-corrected chi connectivity index (χ0v) is 9.60. The van der Waals surface area contributed by atoms with Gasteiger partial charge in [0.1, 0.15) is 13.4 Å². The van der Waals surface area contributed by atoms with Gasteiger partial charge < -0.3 is 9.57 Å². The molecule has 0 saturated carbocycles. The zero-order chi connectivity index (χ0) is 10.3. The Morgan fingerprint density at radius 1 is 1.60 bits per heavy atom. The van der Waals surface area contributed by atoms with Gasteiger partial charge in [0, 0.05) is 17.4 Å². The lowest BCUT2D eigenvalue weighted by Gasteiger charge is -2.36. The molecule has 1 aromatic heterocycles. The van der Waals surface area contributed by atoms with E-state index >= 15 is 0 Å². The molecule has 3 nitrogen and oxygen atoms in total. The first-order chi connectivity index (χ1) is 7.31. The Hall–Kier alpha value is -0.355. The van der Waals surface area contributed by atoms with E-state index in [-0.39, 0.29) is 5.54 Å². The highest BCUT2D eigenvalue weighted by atomic mass is 32.1. The van der Waals surface area contributed by atoms with Crippen LogP contribution in [-0.4, -0.2) is 27.7 Å². The SMILES string of the molecule is Bc1csc([C@]23COCC[C@H]2CON3)c1. The maximum atomic E-state index is 5.61. The predicted molar refractivity (Wildman–Crippen MR) is 62.2 cm³/mol. The minimum absolute atomic E-state index is 0.0722. The molecule has 3 rings (SSSR count). The van der Waals surface area contributed by atoms with Crippen molar-refractivity contribution >= 4 is 24.6 Å². The van der Waals surface area contributed by atoms with Gasteiger partial charge in [0.05, 0.1) is 13.2 Å². The number of hydrogen-bond donors (Lipinski definition) is 1. The number of rotatable bonds is 1. The van der Waals surface area contributed by atoms with Crippen LogP contribution in [0.2, 0.25) is 0 Å². The van der Waals surface area contributed by atoms with E-state index < -0.39 is 0 Å². The monoisotopic (exact) mass is 223 g/mol. The van der Waals surface area contributed by atoms with Gasteiger partial charge in [-0.3, -0.25) is 0 Å². The number of nitrogens with one attached hydrogen (secondary N) is 1. The molecule has 0 amide bonds. The lowest BCUT2D eigenvalue weighted by molar-refractivity contribution is -0.0191. The summed E-state index contributed by atoms with van der Waals surface area (Å²) < 4.78 is 5.61. The number of thiophene rings is 1. The number of ether oxygens (including phenoxy) is 1. The van der Waals surface area contributed by atoms with Gasteiger partial charge in [-0.25, -0.2) is 0 Å². The zero-order valence-electron chi connectivity index (χ0n) is 8.79. The number of hydrogen-bond acceptors (Lipinski definition) is 4. The summed E-state index contributed by atoms with van der Waals surface area (Å²) in [5, 5.41) is 2.19. The van der Waals surface area contributed by atoms with Gasteiger partial charge >= 0.3 is 0 Å². The van der Waals surface area contributed by atoms with E-state index in [1.165, 1.54) is 10.3 Å². The van der Waals surface area contributed by atoms with Gasteiger partial charge in [0.2, 0.25) is 0 Å². The van der Waals surface area contributed by atoms with Crippen molar-refractivity contribution in [2.75, 3.05) is 19.8 Å². The Morgan fingerprint density at radius 3 is 3.33 bits per heavy atom. The number of fused-ring (bicyclic) bond motifs is 1. The van der Waals surface area contributed by atoms with Crippen LogP contribution in [0.1, 0.15) is 11.3 Å². The van der Waals surface area contributed by atoms with Crippen LogP contribution >= 0.6 is 11.3 Å². The topological polar surface area (TPSA) is 30.5 Å². The van der Waals surface area contributed by atoms with Crippen molar-refractivity contribution in [3.05, 3.63) is 16.3 Å². The average Bonchev–Trinajstić information content (AvgIpc) is 2.83. The minimum Gasteiger partial charge on any atom is -0.379 e. The second kappa shape index (κ2) is 3.59. The first-order valence-corrected chi connectivity index (χ1v) is 6.21. The third-order valence-corrected chi connectivity index (χ3v) is 4.57. The molecule has 2 aliphatic heterocycles. The van der Waals surface area contributed by atoms with E-state index in [9.17, 15) is 0 Å². The lowest BCUT2D eigenvalue weighted by Crippen LogP contribution is -2.48. The Morgan fingerprint density at radius 2 is 2.53 bits per heavy atom. The summed E-state index contributed by atoms with van der Waals surface area (Å²) in [6, 6.07) is 2.24. The molecule has 0 bridgehead atoms. The lowest BCUT2D eigenvalue weighted by atomic mass is 9.81. The second-order valence-electron chi connectivity index (χ2n) is 4.41. The third-order valence-electron chi connectivity index (χ3n) is 3.35. The molecule has 2 aliphatic rings. The number of hydroxylamine groups is 1. The summed E-state index contributed by atoms with van der Waals surface area (Å²) in [6.45, 7) is 2.40.